The molecule has 1 aromatic rings. The van der Waals surface area contributed by atoms with Crippen molar-refractivity contribution in [2.75, 3.05) is 25.6 Å². The van der Waals surface area contributed by atoms with Gasteiger partial charge in [0.15, 0.2) is 0 Å². The largest absolute Gasteiger partial charge is 0.343 e. The fourth-order valence-electron chi connectivity index (χ4n) is 2.31. The normalized spacial score (nSPS) is 18.4. The smallest absolute Gasteiger partial charge is 0.239 e. The highest BCUT2D eigenvalue weighted by molar-refractivity contribution is 7.90. The molecule has 1 heterocycles. The molecule has 0 fully saturated rings. The quantitative estimate of drug-likeness (QED) is 0.862. The predicted octanol–water partition coefficient (Wildman–Crippen LogP) is 0.204. The van der Waals surface area contributed by atoms with Gasteiger partial charge in [-0.15, -0.1) is 0 Å². The van der Waals surface area contributed by atoms with E-state index in [0.717, 1.165) is 0 Å². The van der Waals surface area contributed by atoms with Gasteiger partial charge < -0.3 is 10.2 Å². The van der Waals surface area contributed by atoms with Crippen LogP contribution in [-0.2, 0) is 27.6 Å². The van der Waals surface area contributed by atoms with Crippen LogP contribution < -0.4 is 5.32 Å². The van der Waals surface area contributed by atoms with Crippen molar-refractivity contribution in [1.29, 1.82) is 0 Å². The maximum atomic E-state index is 12.3. The minimum Gasteiger partial charge on any atom is -0.343 e. The number of hydrogen-bond acceptors (Lipinski definition) is 4. The summed E-state index contributed by atoms with van der Waals surface area (Å²) >= 11 is 0. The van der Waals surface area contributed by atoms with E-state index in [9.17, 15) is 13.2 Å². The molecule has 0 aliphatic carbocycles. The van der Waals surface area contributed by atoms with Gasteiger partial charge in [-0.3, -0.25) is 4.79 Å². The lowest BCUT2D eigenvalue weighted by molar-refractivity contribution is -0.132. The van der Waals surface area contributed by atoms with Gasteiger partial charge in [0.2, 0.25) is 5.91 Å². The van der Waals surface area contributed by atoms with Crippen LogP contribution in [0.5, 0.6) is 0 Å². The number of nitrogens with one attached hydrogen (secondary N) is 1. The molecule has 0 unspecified atom stereocenters. The Morgan fingerprint density at radius 1 is 1.35 bits per heavy atom. The molecule has 1 N–H and O–H groups in total. The second-order valence-electron chi connectivity index (χ2n) is 5.30. The van der Waals surface area contributed by atoms with Gasteiger partial charge in [-0.25, -0.2) is 8.42 Å². The Labute approximate surface area is 119 Å². The van der Waals surface area contributed by atoms with E-state index in [4.69, 9.17) is 0 Å². The summed E-state index contributed by atoms with van der Waals surface area (Å²) in [5, 5.41) is 3.21. The van der Waals surface area contributed by atoms with Crippen molar-refractivity contribution in [2.45, 2.75) is 19.0 Å². The van der Waals surface area contributed by atoms with Gasteiger partial charge >= 0.3 is 0 Å². The third-order valence-electron chi connectivity index (χ3n) is 3.55. The Hall–Kier alpha value is -1.40. The Kier molecular flexibility index (Phi) is 4.45. The first-order chi connectivity index (χ1) is 9.37. The van der Waals surface area contributed by atoms with Gasteiger partial charge in [-0.2, -0.15) is 0 Å². The Morgan fingerprint density at radius 3 is 2.65 bits per heavy atom. The molecule has 0 aromatic heterocycles. The number of carbonyl (C=O) groups excluding carboxylic acids is 1. The standard InChI is InChI=1S/C14H20N2O3S/c1-16(7-8-20(2,18)19)14(17)13-9-11-5-3-4-6-12(11)10-15-13/h3-6,13,15H,7-10H2,1-2H3/t13-/m1/s1. The van der Waals surface area contributed by atoms with E-state index in [-0.39, 0.29) is 24.2 Å². The van der Waals surface area contributed by atoms with Crippen LogP contribution in [0.1, 0.15) is 11.1 Å². The number of likely N-dealkylation sites (N-methyl/N-ethyl adjacent to an activating group) is 1. The molecule has 6 heteroatoms. The molecular formula is C14H20N2O3S. The van der Waals surface area contributed by atoms with Crippen LogP contribution in [0.25, 0.3) is 0 Å². The third-order valence-corrected chi connectivity index (χ3v) is 4.48. The number of nitrogens with zero attached hydrogens (tertiary/aromatic N) is 1. The van der Waals surface area contributed by atoms with E-state index in [1.807, 2.05) is 18.2 Å². The van der Waals surface area contributed by atoms with Gasteiger partial charge in [0.05, 0.1) is 11.8 Å². The fourth-order valence-corrected chi connectivity index (χ4v) is 2.91. The van der Waals surface area contributed by atoms with Gasteiger partial charge in [-0.1, -0.05) is 24.3 Å². The lowest BCUT2D eigenvalue weighted by atomic mass is 9.95. The molecule has 2 rings (SSSR count). The number of hydrogen-bond donors (Lipinski definition) is 1. The first-order valence-corrected chi connectivity index (χ1v) is 8.66. The zero-order valence-corrected chi connectivity index (χ0v) is 12.6. The zero-order chi connectivity index (χ0) is 14.8. The minimum atomic E-state index is -3.05. The number of benzene rings is 1. The van der Waals surface area contributed by atoms with Crippen molar-refractivity contribution < 1.29 is 13.2 Å². The summed E-state index contributed by atoms with van der Waals surface area (Å²) < 4.78 is 22.3. The Balaban J connectivity index is 1.97. The van der Waals surface area contributed by atoms with Crippen molar-refractivity contribution in [3.8, 4) is 0 Å². The summed E-state index contributed by atoms with van der Waals surface area (Å²) in [4.78, 5) is 13.8. The number of fused-ring (bicyclic) bond motifs is 1. The van der Waals surface area contributed by atoms with E-state index in [1.165, 1.54) is 22.3 Å². The average Bonchev–Trinajstić information content (AvgIpc) is 2.42. The predicted molar refractivity (Wildman–Crippen MR) is 78.1 cm³/mol. The molecule has 20 heavy (non-hydrogen) atoms. The molecule has 1 aliphatic heterocycles. The summed E-state index contributed by atoms with van der Waals surface area (Å²) in [7, 11) is -1.40. The van der Waals surface area contributed by atoms with Crippen LogP contribution in [-0.4, -0.2) is 50.9 Å². The van der Waals surface area contributed by atoms with E-state index < -0.39 is 9.84 Å². The summed E-state index contributed by atoms with van der Waals surface area (Å²) in [6.07, 6.45) is 1.83. The maximum absolute atomic E-state index is 12.3. The topological polar surface area (TPSA) is 66.5 Å². The van der Waals surface area contributed by atoms with Gasteiger partial charge in [0.25, 0.3) is 0 Å². The SMILES string of the molecule is CN(CCS(C)(=O)=O)C(=O)[C@H]1Cc2ccccc2CN1. The number of sulfone groups is 1. The highest BCUT2D eigenvalue weighted by atomic mass is 32.2. The second kappa shape index (κ2) is 5.93. The van der Waals surface area contributed by atoms with E-state index >= 15 is 0 Å². The average molecular weight is 296 g/mol. The van der Waals surface area contributed by atoms with Crippen molar-refractivity contribution in [2.24, 2.45) is 0 Å². The summed E-state index contributed by atoms with van der Waals surface area (Å²) in [6.45, 7) is 0.907. The molecule has 1 aromatic carbocycles. The summed E-state index contributed by atoms with van der Waals surface area (Å²) in [5.41, 5.74) is 2.40. The number of amides is 1. The second-order valence-corrected chi connectivity index (χ2v) is 7.56. The first-order valence-electron chi connectivity index (χ1n) is 6.60. The molecule has 0 spiro atoms. The zero-order valence-electron chi connectivity index (χ0n) is 11.8. The van der Waals surface area contributed by atoms with Crippen molar-refractivity contribution in [3.05, 3.63) is 35.4 Å². The van der Waals surface area contributed by atoms with E-state index in [1.54, 1.807) is 7.05 Å². The summed E-state index contributed by atoms with van der Waals surface area (Å²) in [5.74, 6) is -0.0541. The van der Waals surface area contributed by atoms with Gasteiger partial charge in [-0.05, 0) is 17.5 Å². The van der Waals surface area contributed by atoms with Crippen molar-refractivity contribution in [3.63, 3.8) is 0 Å². The molecule has 1 aliphatic rings. The Morgan fingerprint density at radius 2 is 2.00 bits per heavy atom. The highest BCUT2D eigenvalue weighted by Crippen LogP contribution is 2.17. The van der Waals surface area contributed by atoms with Crippen LogP contribution >= 0.6 is 0 Å². The van der Waals surface area contributed by atoms with E-state index in [2.05, 4.69) is 11.4 Å². The first kappa shape index (κ1) is 15.0. The molecule has 0 saturated carbocycles. The molecule has 1 atom stereocenters. The van der Waals surface area contributed by atoms with Crippen LogP contribution in [0.3, 0.4) is 0 Å². The number of rotatable bonds is 4. The fraction of sp³-hybridized carbons (Fsp3) is 0.500. The molecule has 1 amide bonds. The van der Waals surface area contributed by atoms with E-state index in [0.29, 0.717) is 13.0 Å². The molecular weight excluding hydrogens is 276 g/mol. The Bertz CT molecular complexity index is 598. The highest BCUT2D eigenvalue weighted by Gasteiger charge is 2.26. The minimum absolute atomic E-state index is 0.00144. The van der Waals surface area contributed by atoms with Crippen LogP contribution in [0.2, 0.25) is 0 Å². The molecule has 5 nitrogen and oxygen atoms in total. The lowest BCUT2D eigenvalue weighted by Crippen LogP contribution is -2.49. The molecule has 0 bridgehead atoms. The van der Waals surface area contributed by atoms with Crippen LogP contribution in [0.4, 0.5) is 0 Å². The lowest BCUT2D eigenvalue weighted by Gasteiger charge is -2.29. The third kappa shape index (κ3) is 3.80. The monoisotopic (exact) mass is 296 g/mol. The van der Waals surface area contributed by atoms with Gasteiger partial charge in [0, 0.05) is 26.4 Å². The maximum Gasteiger partial charge on any atom is 0.239 e. The molecule has 110 valence electrons. The molecule has 0 saturated heterocycles. The van der Waals surface area contributed by atoms with Gasteiger partial charge in [0.1, 0.15) is 9.84 Å². The number of carbonyl (C=O) groups is 1. The van der Waals surface area contributed by atoms with Crippen LogP contribution in [0, 0.1) is 0 Å². The van der Waals surface area contributed by atoms with Crippen LogP contribution in [0.15, 0.2) is 24.3 Å². The van der Waals surface area contributed by atoms with Crippen molar-refractivity contribution in [1.82, 2.24) is 10.2 Å². The van der Waals surface area contributed by atoms with Crippen molar-refractivity contribution >= 4 is 15.7 Å². The molecule has 0 radical (unpaired) electrons. The summed E-state index contributed by atoms with van der Waals surface area (Å²) in [6, 6.07) is 7.78.